The predicted octanol–water partition coefficient (Wildman–Crippen LogP) is 4.07. The summed E-state index contributed by atoms with van der Waals surface area (Å²) < 4.78 is 17.1. The van der Waals surface area contributed by atoms with E-state index in [2.05, 4.69) is 12.2 Å². The van der Waals surface area contributed by atoms with E-state index in [1.54, 1.807) is 0 Å². The maximum Gasteiger partial charge on any atom is 0.337 e. The molecule has 0 aromatic rings. The summed E-state index contributed by atoms with van der Waals surface area (Å²) in [6.45, 7) is 4.00. The number of carbonyl (C=O) groups excluding carboxylic acids is 1. The van der Waals surface area contributed by atoms with Gasteiger partial charge in [0.1, 0.15) is 6.10 Å². The van der Waals surface area contributed by atoms with Crippen LogP contribution < -0.4 is 0 Å². The Kier molecular flexibility index (Phi) is 6.60. The zero-order valence-electron chi connectivity index (χ0n) is 14.4. The van der Waals surface area contributed by atoms with Crippen molar-refractivity contribution in [2.24, 2.45) is 0 Å². The van der Waals surface area contributed by atoms with E-state index in [1.165, 1.54) is 12.7 Å². The fourth-order valence-electron chi connectivity index (χ4n) is 3.32. The number of carbonyl (C=O) groups is 1. The van der Waals surface area contributed by atoms with Gasteiger partial charge in [0.05, 0.1) is 7.11 Å². The Morgan fingerprint density at radius 2 is 1.96 bits per heavy atom. The Morgan fingerprint density at radius 3 is 2.65 bits per heavy atom. The highest BCUT2D eigenvalue weighted by molar-refractivity contribution is 5.75. The summed E-state index contributed by atoms with van der Waals surface area (Å²) in [5.41, 5.74) is 1.25. The minimum atomic E-state index is -0.606. The average molecular weight is 320 g/mol. The molecular weight excluding hydrogens is 292 g/mol. The van der Waals surface area contributed by atoms with Crippen molar-refractivity contribution in [3.05, 3.63) is 36.0 Å². The second kappa shape index (κ2) is 8.46. The monoisotopic (exact) mass is 320 g/mol. The molecule has 2 atom stereocenters. The van der Waals surface area contributed by atoms with Gasteiger partial charge in [0.25, 0.3) is 0 Å². The summed E-state index contributed by atoms with van der Waals surface area (Å²) in [6, 6.07) is 0. The zero-order chi connectivity index (χ0) is 16.7. The van der Waals surface area contributed by atoms with E-state index in [4.69, 9.17) is 14.2 Å². The molecule has 1 spiro atoms. The molecule has 0 amide bonds. The van der Waals surface area contributed by atoms with Gasteiger partial charge in [0, 0.05) is 12.8 Å². The molecule has 3 aliphatic rings. The Labute approximate surface area is 139 Å². The lowest BCUT2D eigenvalue weighted by molar-refractivity contribution is -0.180. The van der Waals surface area contributed by atoms with Crippen LogP contribution in [0.1, 0.15) is 52.4 Å². The van der Waals surface area contributed by atoms with Crippen molar-refractivity contribution in [1.82, 2.24) is 0 Å². The first-order chi connectivity index (χ1) is 11.2. The standard InChI is InChI=1S/C17H22O4.C2H6/c1-19-16(18)15-14(12-13-8-4-2-3-5-9-13)20-17(21-15)10-6-7-11-17;1-2/h2-5,8,14-15H,6-7,9-12H2,1H3;1-2H3. The van der Waals surface area contributed by atoms with Crippen LogP contribution in [-0.4, -0.2) is 31.1 Å². The lowest BCUT2D eigenvalue weighted by Gasteiger charge is -2.21. The lowest BCUT2D eigenvalue weighted by atomic mass is 10.0. The highest BCUT2D eigenvalue weighted by Crippen LogP contribution is 2.43. The molecule has 1 saturated carbocycles. The van der Waals surface area contributed by atoms with Crippen LogP contribution in [0.25, 0.3) is 0 Å². The Bertz CT molecular complexity index is 484. The van der Waals surface area contributed by atoms with Gasteiger partial charge in [0.2, 0.25) is 0 Å². The number of methoxy groups -OCH3 is 1. The number of allylic oxidation sites excluding steroid dienone is 5. The highest BCUT2D eigenvalue weighted by Gasteiger charge is 2.52. The molecule has 0 N–H and O–H groups in total. The van der Waals surface area contributed by atoms with Gasteiger partial charge < -0.3 is 14.2 Å². The van der Waals surface area contributed by atoms with Crippen molar-refractivity contribution in [2.45, 2.75) is 70.4 Å². The fraction of sp³-hybridized carbons (Fsp3) is 0.632. The van der Waals surface area contributed by atoms with Crippen molar-refractivity contribution >= 4 is 5.97 Å². The van der Waals surface area contributed by atoms with Crippen LogP contribution in [-0.2, 0) is 19.0 Å². The van der Waals surface area contributed by atoms with Crippen LogP contribution >= 0.6 is 0 Å². The van der Waals surface area contributed by atoms with E-state index in [9.17, 15) is 4.79 Å². The van der Waals surface area contributed by atoms with Crippen molar-refractivity contribution in [2.75, 3.05) is 7.11 Å². The molecule has 0 aromatic heterocycles. The number of hydrogen-bond acceptors (Lipinski definition) is 4. The average Bonchev–Trinajstić information content (AvgIpc) is 3.09. The summed E-state index contributed by atoms with van der Waals surface area (Å²) in [7, 11) is 1.40. The normalized spacial score (nSPS) is 28.0. The minimum absolute atomic E-state index is 0.248. The lowest BCUT2D eigenvalue weighted by Crippen LogP contribution is -2.33. The van der Waals surface area contributed by atoms with E-state index >= 15 is 0 Å². The zero-order valence-corrected chi connectivity index (χ0v) is 14.4. The van der Waals surface area contributed by atoms with E-state index < -0.39 is 11.9 Å². The highest BCUT2D eigenvalue weighted by atomic mass is 16.8. The molecular formula is C19H28O4. The third-order valence-corrected chi connectivity index (χ3v) is 4.38. The third kappa shape index (κ3) is 4.33. The summed E-state index contributed by atoms with van der Waals surface area (Å²) in [4.78, 5) is 12.0. The van der Waals surface area contributed by atoms with Gasteiger partial charge in [-0.2, -0.15) is 0 Å². The summed E-state index contributed by atoms with van der Waals surface area (Å²) in [6.07, 6.45) is 14.9. The molecule has 0 bridgehead atoms. The molecule has 2 fully saturated rings. The Balaban J connectivity index is 0.000000924. The van der Waals surface area contributed by atoms with Gasteiger partial charge >= 0.3 is 5.97 Å². The quantitative estimate of drug-likeness (QED) is 0.735. The van der Waals surface area contributed by atoms with E-state index in [0.717, 1.165) is 32.1 Å². The van der Waals surface area contributed by atoms with Crippen LogP contribution in [0.5, 0.6) is 0 Å². The fourth-order valence-corrected chi connectivity index (χ4v) is 3.32. The third-order valence-electron chi connectivity index (χ3n) is 4.38. The molecule has 1 saturated heterocycles. The first kappa shape index (κ1) is 18.0. The van der Waals surface area contributed by atoms with Gasteiger partial charge in [-0.05, 0) is 25.7 Å². The number of esters is 1. The second-order valence-electron chi connectivity index (χ2n) is 5.88. The first-order valence-electron chi connectivity index (χ1n) is 8.67. The van der Waals surface area contributed by atoms with E-state index in [-0.39, 0.29) is 12.1 Å². The van der Waals surface area contributed by atoms with Crippen LogP contribution in [0.3, 0.4) is 0 Å². The minimum Gasteiger partial charge on any atom is -0.467 e. The van der Waals surface area contributed by atoms with Gasteiger partial charge in [-0.15, -0.1) is 0 Å². The molecule has 23 heavy (non-hydrogen) atoms. The van der Waals surface area contributed by atoms with E-state index in [0.29, 0.717) is 6.42 Å². The van der Waals surface area contributed by atoms with Crippen molar-refractivity contribution in [3.8, 4) is 0 Å². The number of ether oxygens (including phenoxy) is 3. The van der Waals surface area contributed by atoms with Crippen LogP contribution in [0, 0.1) is 0 Å². The summed E-state index contributed by atoms with van der Waals surface area (Å²) in [5.74, 6) is -0.885. The molecule has 4 nitrogen and oxygen atoms in total. The molecule has 2 unspecified atom stereocenters. The van der Waals surface area contributed by atoms with Crippen molar-refractivity contribution in [1.29, 1.82) is 0 Å². The van der Waals surface area contributed by atoms with Gasteiger partial charge in [-0.25, -0.2) is 4.79 Å². The molecule has 2 aliphatic carbocycles. The Hall–Kier alpha value is -1.39. The second-order valence-corrected chi connectivity index (χ2v) is 5.88. The first-order valence-corrected chi connectivity index (χ1v) is 8.67. The van der Waals surface area contributed by atoms with Crippen LogP contribution in [0.15, 0.2) is 36.0 Å². The van der Waals surface area contributed by atoms with E-state index in [1.807, 2.05) is 32.1 Å². The Morgan fingerprint density at radius 1 is 1.22 bits per heavy atom. The predicted molar refractivity (Wildman–Crippen MR) is 89.9 cm³/mol. The molecule has 4 heteroatoms. The number of hydrogen-bond donors (Lipinski definition) is 0. The molecule has 3 rings (SSSR count). The smallest absolute Gasteiger partial charge is 0.337 e. The topological polar surface area (TPSA) is 44.8 Å². The van der Waals surface area contributed by atoms with Crippen molar-refractivity contribution < 1.29 is 19.0 Å². The maximum atomic E-state index is 12.0. The molecule has 0 radical (unpaired) electrons. The van der Waals surface area contributed by atoms with Crippen LogP contribution in [0.4, 0.5) is 0 Å². The SMILES string of the molecule is CC.COC(=O)C1OC2(CCCC2)OC1CC1=CC=CC=CC1. The molecule has 1 aliphatic heterocycles. The molecule has 1 heterocycles. The van der Waals surface area contributed by atoms with Gasteiger partial charge in [-0.3, -0.25) is 0 Å². The van der Waals surface area contributed by atoms with Gasteiger partial charge in [0.15, 0.2) is 11.9 Å². The number of rotatable bonds is 3. The van der Waals surface area contributed by atoms with Crippen molar-refractivity contribution in [3.63, 3.8) is 0 Å². The summed E-state index contributed by atoms with van der Waals surface area (Å²) >= 11 is 0. The largest absolute Gasteiger partial charge is 0.467 e. The van der Waals surface area contributed by atoms with Crippen LogP contribution in [0.2, 0.25) is 0 Å². The molecule has 128 valence electrons. The summed E-state index contributed by atoms with van der Waals surface area (Å²) in [5, 5.41) is 0. The maximum absolute atomic E-state index is 12.0. The molecule has 0 aromatic carbocycles. The van der Waals surface area contributed by atoms with Gasteiger partial charge in [-0.1, -0.05) is 49.8 Å².